The maximum absolute atomic E-state index is 14.9. The van der Waals surface area contributed by atoms with Crippen LogP contribution in [0.2, 0.25) is 0 Å². The number of fused-ring (bicyclic) bond motifs is 1. The Hall–Kier alpha value is -4.41. The lowest BCUT2D eigenvalue weighted by molar-refractivity contribution is -0.178. The monoisotopic (exact) mass is 783 g/mol. The molecular weight excluding hydrogens is 732 g/mol. The molecule has 9 rings (SSSR count). The quantitative estimate of drug-likeness (QED) is 0.158. The minimum Gasteiger partial charge on any atom is -0.493 e. The van der Waals surface area contributed by atoms with Crippen molar-refractivity contribution in [2.75, 3.05) is 20.8 Å². The van der Waals surface area contributed by atoms with Crippen molar-refractivity contribution in [1.82, 2.24) is 4.90 Å². The summed E-state index contributed by atoms with van der Waals surface area (Å²) in [5, 5.41) is 24.2. The van der Waals surface area contributed by atoms with Crippen LogP contribution in [-0.4, -0.2) is 59.3 Å². The van der Waals surface area contributed by atoms with Crippen molar-refractivity contribution in [3.8, 4) is 11.5 Å². The second-order valence-electron chi connectivity index (χ2n) is 17.8. The molecule has 57 heavy (non-hydrogen) atoms. The van der Waals surface area contributed by atoms with E-state index in [9.17, 15) is 33.0 Å². The molecule has 302 valence electrons. The smallest absolute Gasteiger partial charge is 0.416 e. The minimum absolute atomic E-state index is 0.0186. The number of hydrogen-bond donors (Lipinski definition) is 2. The van der Waals surface area contributed by atoms with E-state index in [1.807, 2.05) is 42.5 Å². The topological polar surface area (TPSA) is 96.3 Å². The molecule has 2 N–H and O–H groups in total. The van der Waals surface area contributed by atoms with Crippen molar-refractivity contribution in [3.63, 3.8) is 0 Å². The van der Waals surface area contributed by atoms with Crippen LogP contribution in [0.25, 0.3) is 0 Å². The van der Waals surface area contributed by atoms with Gasteiger partial charge in [-0.2, -0.15) is 13.2 Å². The van der Waals surface area contributed by atoms with Crippen molar-refractivity contribution in [2.45, 2.75) is 89.6 Å². The molecule has 8 atom stereocenters. The number of carbonyl (C=O) groups excluding carboxylic acids is 2. The fourth-order valence-corrected chi connectivity index (χ4v) is 12.2. The number of methoxy groups -OCH3 is 2. The molecule has 0 heterocycles. The second kappa shape index (κ2) is 13.9. The number of alkyl halides is 3. The van der Waals surface area contributed by atoms with Gasteiger partial charge in [-0.15, -0.1) is 0 Å². The number of ether oxygens (including phenoxy) is 2. The fraction of sp³-hybridized carbons (Fsp3) is 0.489. The Morgan fingerprint density at radius 1 is 0.825 bits per heavy atom. The number of nitrogens with zero attached hydrogens (tertiary/aromatic N) is 1. The Bertz CT molecular complexity index is 2130. The summed E-state index contributed by atoms with van der Waals surface area (Å²) >= 11 is 0. The number of aliphatic hydroxyl groups is 2. The molecule has 0 aliphatic heterocycles. The van der Waals surface area contributed by atoms with Gasteiger partial charge in [0.2, 0.25) is 5.91 Å². The second-order valence-corrected chi connectivity index (χ2v) is 17.8. The van der Waals surface area contributed by atoms with Gasteiger partial charge in [-0.3, -0.25) is 9.59 Å². The van der Waals surface area contributed by atoms with Crippen molar-refractivity contribution in [2.24, 2.45) is 33.5 Å². The largest absolute Gasteiger partial charge is 0.493 e. The number of Topliss-reactive ketones (excluding diaryl/α,β-unsaturated/α-hetero) is 1. The molecule has 6 aliphatic rings. The zero-order chi connectivity index (χ0) is 40.6. The van der Waals surface area contributed by atoms with Gasteiger partial charge in [0.15, 0.2) is 17.3 Å². The maximum Gasteiger partial charge on any atom is 0.416 e. The summed E-state index contributed by atoms with van der Waals surface area (Å²) in [7, 11) is 3.10. The SMILES string of the molecule is COc1ccc(CC(=O)N(Cc2ccccc2)CC2(O)CCC3C45C=CC6(C=C4C(=O)c4cccc(C(F)(F)F)c4)CC(O)CCC6(C)C5CCC32C)cc1OC. The molecule has 3 fully saturated rings. The fourth-order valence-electron chi connectivity index (χ4n) is 12.2. The summed E-state index contributed by atoms with van der Waals surface area (Å²) in [6.07, 6.45) is 5.32. The van der Waals surface area contributed by atoms with E-state index in [2.05, 4.69) is 26.0 Å². The molecule has 3 aromatic carbocycles. The van der Waals surface area contributed by atoms with E-state index in [0.29, 0.717) is 55.6 Å². The highest BCUT2D eigenvalue weighted by Gasteiger charge is 2.74. The highest BCUT2D eigenvalue weighted by Crippen LogP contribution is 2.78. The maximum atomic E-state index is 14.9. The molecule has 0 aromatic heterocycles. The van der Waals surface area contributed by atoms with E-state index < -0.39 is 45.5 Å². The van der Waals surface area contributed by atoms with Gasteiger partial charge in [0.1, 0.15) is 0 Å². The van der Waals surface area contributed by atoms with E-state index in [-0.39, 0.29) is 48.2 Å². The Kier molecular flexibility index (Phi) is 9.59. The third-order valence-electron chi connectivity index (χ3n) is 15.2. The molecule has 2 bridgehead atoms. The standard InChI is InChI=1S/C47H52F3NO6/c1-42-18-15-34(52)26-44(42)21-22-46(35(27-44)41(54)32-11-8-12-33(25-32)47(48,49)50)38(42)16-19-43(2)39(46)17-20-45(43,55)29-51(28-30-9-6-5-7-10-30)40(53)24-31-13-14-36(56-3)37(23-31)57-4/h5-14,21-23,25,27,34,38-39,52,55H,15-20,24,26,28-29H2,1-4H3. The Labute approximate surface area is 332 Å². The van der Waals surface area contributed by atoms with Crippen molar-refractivity contribution in [3.05, 3.63) is 119 Å². The average Bonchev–Trinajstić information content (AvgIpc) is 3.47. The molecule has 8 unspecified atom stereocenters. The number of aliphatic hydroxyl groups excluding tert-OH is 1. The zero-order valence-corrected chi connectivity index (χ0v) is 33.1. The minimum atomic E-state index is -4.62. The number of benzene rings is 3. The van der Waals surface area contributed by atoms with Gasteiger partial charge in [-0.25, -0.2) is 0 Å². The van der Waals surface area contributed by atoms with Crippen LogP contribution in [-0.2, 0) is 23.9 Å². The molecule has 7 nitrogen and oxygen atoms in total. The van der Waals surface area contributed by atoms with E-state index in [1.54, 1.807) is 31.3 Å². The number of allylic oxidation sites excluding steroid dienone is 4. The summed E-state index contributed by atoms with van der Waals surface area (Å²) in [5.41, 5.74) is -2.66. The molecule has 0 radical (unpaired) electrons. The molecular formula is C47H52F3NO6. The zero-order valence-electron chi connectivity index (χ0n) is 33.1. The number of amides is 1. The van der Waals surface area contributed by atoms with Gasteiger partial charge < -0.3 is 24.6 Å². The van der Waals surface area contributed by atoms with Crippen LogP contribution in [0, 0.1) is 33.5 Å². The van der Waals surface area contributed by atoms with Crippen LogP contribution in [0.5, 0.6) is 11.5 Å². The van der Waals surface area contributed by atoms with Crippen molar-refractivity contribution in [1.29, 1.82) is 0 Å². The molecule has 2 spiro atoms. The van der Waals surface area contributed by atoms with Crippen LogP contribution < -0.4 is 9.47 Å². The lowest BCUT2D eigenvalue weighted by Gasteiger charge is -2.71. The molecule has 3 aromatic rings. The van der Waals surface area contributed by atoms with Gasteiger partial charge in [-0.05, 0) is 97.6 Å². The van der Waals surface area contributed by atoms with E-state index in [0.717, 1.165) is 29.7 Å². The summed E-state index contributed by atoms with van der Waals surface area (Å²) < 4.78 is 52.8. The summed E-state index contributed by atoms with van der Waals surface area (Å²) in [5.74, 6) is 0.190. The number of hydrogen-bond acceptors (Lipinski definition) is 6. The number of halogens is 3. The summed E-state index contributed by atoms with van der Waals surface area (Å²) in [4.78, 5) is 31.1. The van der Waals surface area contributed by atoms with E-state index in [4.69, 9.17) is 9.47 Å². The van der Waals surface area contributed by atoms with Gasteiger partial charge in [0.05, 0.1) is 44.5 Å². The first kappa shape index (κ1) is 39.4. The lowest BCUT2D eigenvalue weighted by atomic mass is 9.32. The lowest BCUT2D eigenvalue weighted by Crippen LogP contribution is -2.67. The van der Waals surface area contributed by atoms with Gasteiger partial charge in [-0.1, -0.05) is 80.6 Å². The number of carbonyl (C=O) groups is 2. The Morgan fingerprint density at radius 3 is 2.25 bits per heavy atom. The molecule has 10 heteroatoms. The van der Waals surface area contributed by atoms with Crippen LogP contribution in [0.4, 0.5) is 13.2 Å². The predicted octanol–water partition coefficient (Wildman–Crippen LogP) is 8.77. The van der Waals surface area contributed by atoms with Crippen LogP contribution in [0.3, 0.4) is 0 Å². The van der Waals surface area contributed by atoms with E-state index in [1.165, 1.54) is 12.1 Å². The van der Waals surface area contributed by atoms with Gasteiger partial charge >= 0.3 is 6.18 Å². The first-order chi connectivity index (χ1) is 27.0. The van der Waals surface area contributed by atoms with Crippen molar-refractivity contribution < 1.29 is 42.4 Å². The normalized spacial score (nSPS) is 33.8. The van der Waals surface area contributed by atoms with Crippen LogP contribution in [0.15, 0.2) is 96.6 Å². The third kappa shape index (κ3) is 6.07. The Morgan fingerprint density at radius 2 is 1.53 bits per heavy atom. The first-order valence-corrected chi connectivity index (χ1v) is 20.1. The van der Waals surface area contributed by atoms with Gasteiger partial charge in [0, 0.05) is 33.9 Å². The summed E-state index contributed by atoms with van der Waals surface area (Å²) in [6.45, 7) is 4.71. The highest BCUT2D eigenvalue weighted by atomic mass is 19.4. The van der Waals surface area contributed by atoms with Crippen molar-refractivity contribution >= 4 is 11.7 Å². The highest BCUT2D eigenvalue weighted by molar-refractivity contribution is 6.10. The molecule has 6 aliphatic carbocycles. The predicted molar refractivity (Wildman–Crippen MR) is 209 cm³/mol. The Balaban J connectivity index is 1.18. The summed E-state index contributed by atoms with van der Waals surface area (Å²) in [6, 6.07) is 19.8. The molecule has 3 saturated carbocycles. The van der Waals surface area contributed by atoms with Gasteiger partial charge in [0.25, 0.3) is 0 Å². The average molecular weight is 784 g/mol. The number of ketones is 1. The van der Waals surface area contributed by atoms with Crippen LogP contribution in [0.1, 0.15) is 85.8 Å². The molecule has 1 amide bonds. The first-order valence-electron chi connectivity index (χ1n) is 20.1. The molecule has 0 saturated heterocycles. The number of rotatable bonds is 10. The van der Waals surface area contributed by atoms with Crippen LogP contribution >= 0.6 is 0 Å². The van der Waals surface area contributed by atoms with E-state index >= 15 is 0 Å². The third-order valence-corrected chi connectivity index (χ3v) is 15.2.